The van der Waals surface area contributed by atoms with E-state index in [0.717, 1.165) is 4.47 Å². The second kappa shape index (κ2) is 6.23. The van der Waals surface area contributed by atoms with E-state index in [9.17, 15) is 9.59 Å². The number of amides is 3. The Kier molecular flexibility index (Phi) is 5.24. The second-order valence-corrected chi connectivity index (χ2v) is 5.16. The normalized spacial score (nSPS) is 11.8. The quantitative estimate of drug-likeness (QED) is 0.811. The highest BCUT2D eigenvalue weighted by Gasteiger charge is 2.13. The Morgan fingerprint density at radius 2 is 2.06 bits per heavy atom. The average molecular weight is 340 g/mol. The molecular weight excluding hydrogens is 331 g/mol. The summed E-state index contributed by atoms with van der Waals surface area (Å²) in [4.78, 5) is 22.6. The summed E-state index contributed by atoms with van der Waals surface area (Å²) in [5.41, 5.74) is 0.397. The second-order valence-electron chi connectivity index (χ2n) is 3.18. The number of hydrogen-bond donors (Lipinski definition) is 2. The minimum atomic E-state index is -0.779. The van der Waals surface area contributed by atoms with Crippen LogP contribution in [0.1, 0.15) is 6.92 Å². The highest BCUT2D eigenvalue weighted by molar-refractivity contribution is 9.10. The molecule has 7 heteroatoms. The molecule has 0 aromatic heterocycles. The number of halogens is 3. The summed E-state index contributed by atoms with van der Waals surface area (Å²) in [5, 5.41) is 4.12. The molecule has 92 valence electrons. The summed E-state index contributed by atoms with van der Waals surface area (Å²) in [6.07, 6.45) is 0. The largest absolute Gasteiger partial charge is 0.325 e. The van der Waals surface area contributed by atoms with Crippen molar-refractivity contribution in [2.45, 2.75) is 12.3 Å². The highest BCUT2D eigenvalue weighted by atomic mass is 79.9. The average Bonchev–Trinajstić information content (AvgIpc) is 2.23. The minimum Gasteiger partial charge on any atom is -0.306 e. The van der Waals surface area contributed by atoms with E-state index in [-0.39, 0.29) is 0 Å². The Morgan fingerprint density at radius 1 is 1.41 bits per heavy atom. The molecule has 1 unspecified atom stereocenters. The topological polar surface area (TPSA) is 58.2 Å². The number of urea groups is 1. The molecule has 0 radical (unpaired) electrons. The van der Waals surface area contributed by atoms with Crippen LogP contribution in [-0.4, -0.2) is 17.3 Å². The third kappa shape index (κ3) is 4.53. The molecule has 1 atom stereocenters. The van der Waals surface area contributed by atoms with Gasteiger partial charge in [-0.25, -0.2) is 4.79 Å². The third-order valence-electron chi connectivity index (χ3n) is 1.77. The Balaban J connectivity index is 2.68. The van der Waals surface area contributed by atoms with Gasteiger partial charge in [0.2, 0.25) is 5.91 Å². The lowest BCUT2D eigenvalue weighted by Crippen LogP contribution is -2.38. The van der Waals surface area contributed by atoms with Crippen LogP contribution in [-0.2, 0) is 4.79 Å². The number of rotatable bonds is 2. The number of carbonyl (C=O) groups excluding carboxylic acids is 2. The first-order valence-electron chi connectivity index (χ1n) is 4.61. The molecule has 0 saturated carbocycles. The lowest BCUT2D eigenvalue weighted by atomic mass is 10.3. The molecule has 0 saturated heterocycles. The van der Waals surface area contributed by atoms with Gasteiger partial charge in [-0.2, -0.15) is 0 Å². The summed E-state index contributed by atoms with van der Waals surface area (Å²) in [5.74, 6) is -0.574. The highest BCUT2D eigenvalue weighted by Crippen LogP contribution is 2.25. The van der Waals surface area contributed by atoms with Gasteiger partial charge >= 0.3 is 6.03 Å². The van der Waals surface area contributed by atoms with Crippen molar-refractivity contribution in [2.75, 3.05) is 5.32 Å². The number of anilines is 1. The standard InChI is InChI=1S/C10H9BrCl2N2O2/c1-5(12)9(16)15-10(17)14-8-4-6(11)2-3-7(8)13/h2-5H,1H3,(H2,14,15,16,17). The lowest BCUT2D eigenvalue weighted by Gasteiger charge is -2.09. The number of carbonyl (C=O) groups is 2. The zero-order chi connectivity index (χ0) is 13.0. The van der Waals surface area contributed by atoms with Crippen molar-refractivity contribution in [3.05, 3.63) is 27.7 Å². The molecule has 3 amide bonds. The Bertz CT molecular complexity index is 452. The third-order valence-corrected chi connectivity index (χ3v) is 2.80. The van der Waals surface area contributed by atoms with Gasteiger partial charge in [-0.1, -0.05) is 27.5 Å². The van der Waals surface area contributed by atoms with Crippen LogP contribution in [0.3, 0.4) is 0 Å². The van der Waals surface area contributed by atoms with Gasteiger partial charge in [0.05, 0.1) is 10.7 Å². The predicted molar refractivity (Wildman–Crippen MR) is 71.6 cm³/mol. The zero-order valence-electron chi connectivity index (χ0n) is 8.76. The van der Waals surface area contributed by atoms with Gasteiger partial charge < -0.3 is 5.32 Å². The van der Waals surface area contributed by atoms with Gasteiger partial charge in [0.15, 0.2) is 0 Å². The van der Waals surface area contributed by atoms with Crippen LogP contribution in [0.2, 0.25) is 5.02 Å². The monoisotopic (exact) mass is 338 g/mol. The van der Waals surface area contributed by atoms with Crippen molar-refractivity contribution in [3.8, 4) is 0 Å². The van der Waals surface area contributed by atoms with E-state index in [1.807, 2.05) is 0 Å². The summed E-state index contributed by atoms with van der Waals surface area (Å²) in [7, 11) is 0. The van der Waals surface area contributed by atoms with E-state index in [0.29, 0.717) is 10.7 Å². The fraction of sp³-hybridized carbons (Fsp3) is 0.200. The molecule has 4 nitrogen and oxygen atoms in total. The minimum absolute atomic E-state index is 0.370. The SMILES string of the molecule is CC(Cl)C(=O)NC(=O)Nc1cc(Br)ccc1Cl. The summed E-state index contributed by atoms with van der Waals surface area (Å²) >= 11 is 14.6. The summed E-state index contributed by atoms with van der Waals surface area (Å²) < 4.78 is 0.759. The van der Waals surface area contributed by atoms with Crippen molar-refractivity contribution in [3.63, 3.8) is 0 Å². The zero-order valence-corrected chi connectivity index (χ0v) is 11.9. The molecule has 0 bridgehead atoms. The Morgan fingerprint density at radius 3 is 2.65 bits per heavy atom. The number of benzene rings is 1. The molecule has 2 N–H and O–H groups in total. The van der Waals surface area contributed by atoms with Gasteiger partial charge in [0, 0.05) is 4.47 Å². The first kappa shape index (κ1) is 14.3. The maximum absolute atomic E-state index is 11.4. The van der Waals surface area contributed by atoms with Gasteiger partial charge in [0.25, 0.3) is 0 Å². The van der Waals surface area contributed by atoms with Crippen LogP contribution in [0, 0.1) is 0 Å². The van der Waals surface area contributed by atoms with Crippen molar-refractivity contribution in [1.82, 2.24) is 5.32 Å². The molecule has 1 aromatic carbocycles. The smallest absolute Gasteiger partial charge is 0.306 e. The predicted octanol–water partition coefficient (Wildman–Crippen LogP) is 3.38. The molecule has 1 aromatic rings. The van der Waals surface area contributed by atoms with Crippen LogP contribution in [0.5, 0.6) is 0 Å². The van der Waals surface area contributed by atoms with Crippen LogP contribution in [0.4, 0.5) is 10.5 Å². The van der Waals surface area contributed by atoms with Crippen molar-refractivity contribution >= 4 is 56.8 Å². The van der Waals surface area contributed by atoms with Gasteiger partial charge in [-0.05, 0) is 25.1 Å². The first-order valence-corrected chi connectivity index (χ1v) is 6.22. The molecule has 0 spiro atoms. The molecule has 17 heavy (non-hydrogen) atoms. The number of imide groups is 1. The maximum Gasteiger partial charge on any atom is 0.325 e. The number of alkyl halides is 1. The van der Waals surface area contributed by atoms with Crippen LogP contribution in [0.25, 0.3) is 0 Å². The van der Waals surface area contributed by atoms with E-state index < -0.39 is 17.3 Å². The summed E-state index contributed by atoms with van der Waals surface area (Å²) in [6, 6.07) is 4.30. The Hall–Kier alpha value is -0.780. The van der Waals surface area contributed by atoms with Crippen LogP contribution >= 0.6 is 39.1 Å². The first-order chi connectivity index (χ1) is 7.90. The lowest BCUT2D eigenvalue weighted by molar-refractivity contribution is -0.119. The van der Waals surface area contributed by atoms with Gasteiger partial charge in [0.1, 0.15) is 5.38 Å². The van der Waals surface area contributed by atoms with Crippen molar-refractivity contribution < 1.29 is 9.59 Å². The fourth-order valence-corrected chi connectivity index (χ4v) is 1.54. The van der Waals surface area contributed by atoms with Crippen LogP contribution < -0.4 is 10.6 Å². The molecule has 0 aliphatic carbocycles. The fourth-order valence-electron chi connectivity index (χ4n) is 0.958. The number of nitrogens with one attached hydrogen (secondary N) is 2. The van der Waals surface area contributed by atoms with Gasteiger partial charge in [-0.3, -0.25) is 10.1 Å². The van der Waals surface area contributed by atoms with Gasteiger partial charge in [-0.15, -0.1) is 11.6 Å². The van der Waals surface area contributed by atoms with E-state index in [1.54, 1.807) is 18.2 Å². The number of hydrogen-bond acceptors (Lipinski definition) is 2. The molecule has 0 fully saturated rings. The summed E-state index contributed by atoms with van der Waals surface area (Å²) in [6.45, 7) is 1.47. The molecule has 0 heterocycles. The molecule has 0 aliphatic heterocycles. The van der Waals surface area contributed by atoms with Crippen molar-refractivity contribution in [2.24, 2.45) is 0 Å². The van der Waals surface area contributed by atoms with Crippen LogP contribution in [0.15, 0.2) is 22.7 Å². The Labute approximate surface area is 117 Å². The van der Waals surface area contributed by atoms with E-state index in [1.165, 1.54) is 6.92 Å². The van der Waals surface area contributed by atoms with E-state index in [4.69, 9.17) is 23.2 Å². The van der Waals surface area contributed by atoms with Crippen molar-refractivity contribution in [1.29, 1.82) is 0 Å². The molecule has 1 rings (SSSR count). The van der Waals surface area contributed by atoms with E-state index >= 15 is 0 Å². The molecular formula is C10H9BrCl2N2O2. The maximum atomic E-state index is 11.4. The van der Waals surface area contributed by atoms with E-state index in [2.05, 4.69) is 26.6 Å². The molecule has 0 aliphatic rings.